The second kappa shape index (κ2) is 8.93. The van der Waals surface area contributed by atoms with Crippen LogP contribution in [-0.2, 0) is 4.79 Å². The molecule has 1 heterocycles. The zero-order valence-electron chi connectivity index (χ0n) is 12.5. The Hall–Kier alpha value is -1.53. The van der Waals surface area contributed by atoms with Crippen LogP contribution < -0.4 is 10.6 Å². The Morgan fingerprint density at radius 1 is 1.26 bits per heavy atom. The molecule has 0 saturated carbocycles. The first kappa shape index (κ1) is 19.5. The highest BCUT2D eigenvalue weighted by Crippen LogP contribution is 2.37. The Morgan fingerprint density at radius 2 is 1.96 bits per heavy atom. The lowest BCUT2D eigenvalue weighted by atomic mass is 9.94. The van der Waals surface area contributed by atoms with Crippen LogP contribution in [0.3, 0.4) is 0 Å². The molecule has 1 amide bonds. The normalized spacial score (nSPS) is 16.0. The molecular weight excluding hydrogens is 329 g/mol. The molecule has 0 radical (unpaired) electrons. The summed E-state index contributed by atoms with van der Waals surface area (Å²) in [5, 5.41) is 5.73. The minimum atomic E-state index is -4.44. The van der Waals surface area contributed by atoms with Gasteiger partial charge in [-0.05, 0) is 18.5 Å². The van der Waals surface area contributed by atoms with E-state index in [0.29, 0.717) is 6.54 Å². The highest BCUT2D eigenvalue weighted by molar-refractivity contribution is 5.85. The molecule has 1 aliphatic rings. The number of hydrogen-bond donors (Lipinski definition) is 2. The number of amides is 1. The Balaban J connectivity index is 0.00000264. The zero-order chi connectivity index (χ0) is 16.0. The average molecular weight is 349 g/mol. The van der Waals surface area contributed by atoms with Crippen LogP contribution in [0, 0.1) is 0 Å². The fourth-order valence-corrected chi connectivity index (χ4v) is 2.41. The van der Waals surface area contributed by atoms with Crippen molar-refractivity contribution in [1.82, 2.24) is 10.6 Å². The van der Waals surface area contributed by atoms with Gasteiger partial charge in [0.05, 0.1) is 5.92 Å². The average Bonchev–Trinajstić information content (AvgIpc) is 2.51. The van der Waals surface area contributed by atoms with Gasteiger partial charge in [-0.15, -0.1) is 12.4 Å². The van der Waals surface area contributed by atoms with Crippen molar-refractivity contribution < 1.29 is 18.0 Å². The smallest absolute Gasteiger partial charge is 0.352 e. The summed E-state index contributed by atoms with van der Waals surface area (Å²) in [5.74, 6) is -2.35. The minimum Gasteiger partial charge on any atom is -0.352 e. The van der Waals surface area contributed by atoms with Crippen molar-refractivity contribution in [1.29, 1.82) is 0 Å². The molecule has 1 aliphatic heterocycles. The number of benzene rings is 1. The lowest BCUT2D eigenvalue weighted by molar-refractivity contribution is -0.157. The molecule has 0 bridgehead atoms. The van der Waals surface area contributed by atoms with E-state index < -0.39 is 24.4 Å². The van der Waals surface area contributed by atoms with Crippen LogP contribution in [0.2, 0.25) is 0 Å². The molecule has 1 aromatic carbocycles. The Kier molecular flexibility index (Phi) is 7.58. The molecule has 128 valence electrons. The van der Waals surface area contributed by atoms with Gasteiger partial charge in [-0.1, -0.05) is 42.0 Å². The van der Waals surface area contributed by atoms with Crippen molar-refractivity contribution in [2.75, 3.05) is 19.6 Å². The maximum atomic E-state index is 13.2. The van der Waals surface area contributed by atoms with Crippen LogP contribution in [0.15, 0.2) is 42.0 Å². The number of hydrogen-bond acceptors (Lipinski definition) is 2. The van der Waals surface area contributed by atoms with Crippen LogP contribution in [0.25, 0.3) is 0 Å². The molecule has 7 heteroatoms. The number of nitrogens with one attached hydrogen (secondary N) is 2. The fraction of sp³-hybridized carbons (Fsp3) is 0.438. The van der Waals surface area contributed by atoms with Crippen LogP contribution >= 0.6 is 12.4 Å². The van der Waals surface area contributed by atoms with Gasteiger partial charge in [0.15, 0.2) is 0 Å². The van der Waals surface area contributed by atoms with Crippen LogP contribution in [-0.4, -0.2) is 31.7 Å². The third kappa shape index (κ3) is 6.23. The maximum Gasteiger partial charge on any atom is 0.396 e. The van der Waals surface area contributed by atoms with Crippen molar-refractivity contribution in [3.05, 3.63) is 47.5 Å². The van der Waals surface area contributed by atoms with Gasteiger partial charge in [0.2, 0.25) is 5.91 Å². The largest absolute Gasteiger partial charge is 0.396 e. The third-order valence-electron chi connectivity index (χ3n) is 3.66. The number of carbonyl (C=O) groups is 1. The van der Waals surface area contributed by atoms with Gasteiger partial charge < -0.3 is 10.6 Å². The van der Waals surface area contributed by atoms with Crippen molar-refractivity contribution in [3.8, 4) is 0 Å². The number of halogens is 4. The molecule has 2 rings (SSSR count). The third-order valence-corrected chi connectivity index (χ3v) is 3.66. The van der Waals surface area contributed by atoms with Crippen molar-refractivity contribution >= 4 is 18.3 Å². The predicted molar refractivity (Wildman–Crippen MR) is 85.7 cm³/mol. The zero-order valence-corrected chi connectivity index (χ0v) is 13.3. The molecular formula is C16H20ClF3N2O. The van der Waals surface area contributed by atoms with Crippen molar-refractivity contribution in [3.63, 3.8) is 0 Å². The van der Waals surface area contributed by atoms with Gasteiger partial charge >= 0.3 is 6.18 Å². The first-order valence-corrected chi connectivity index (χ1v) is 7.24. The van der Waals surface area contributed by atoms with Crippen molar-refractivity contribution in [2.24, 2.45) is 0 Å². The number of alkyl halides is 3. The Morgan fingerprint density at radius 3 is 2.52 bits per heavy atom. The molecule has 23 heavy (non-hydrogen) atoms. The molecule has 1 atom stereocenters. The number of rotatable bonds is 5. The van der Waals surface area contributed by atoms with E-state index in [1.165, 1.54) is 12.1 Å². The standard InChI is InChI=1S/C16H19F3N2O.ClH/c17-16(18,19)14(13-4-2-1-3-5-13)10-15(22)21-11-12-6-8-20-9-7-12;/h1-6,14,20H,7-11H2,(H,21,22);1H. The highest BCUT2D eigenvalue weighted by Gasteiger charge is 2.41. The van der Waals surface area contributed by atoms with E-state index in [1.807, 2.05) is 6.08 Å². The fourth-order valence-electron chi connectivity index (χ4n) is 2.41. The first-order chi connectivity index (χ1) is 10.5. The van der Waals surface area contributed by atoms with Crippen molar-refractivity contribution in [2.45, 2.75) is 24.9 Å². The van der Waals surface area contributed by atoms with E-state index in [9.17, 15) is 18.0 Å². The summed E-state index contributed by atoms with van der Waals surface area (Å²) >= 11 is 0. The summed E-state index contributed by atoms with van der Waals surface area (Å²) in [6.45, 7) is 1.89. The lowest BCUT2D eigenvalue weighted by Crippen LogP contribution is -2.33. The molecule has 0 aromatic heterocycles. The summed E-state index contributed by atoms with van der Waals surface area (Å²) < 4.78 is 39.5. The van der Waals surface area contributed by atoms with E-state index >= 15 is 0 Å². The van der Waals surface area contributed by atoms with E-state index in [2.05, 4.69) is 10.6 Å². The lowest BCUT2D eigenvalue weighted by Gasteiger charge is -2.21. The summed E-state index contributed by atoms with van der Waals surface area (Å²) in [4.78, 5) is 11.9. The minimum absolute atomic E-state index is 0. The second-order valence-electron chi connectivity index (χ2n) is 5.30. The Bertz CT molecular complexity index is 532. The summed E-state index contributed by atoms with van der Waals surface area (Å²) in [6.07, 6.45) is -2.25. The molecule has 0 spiro atoms. The SMILES string of the molecule is Cl.O=C(CC(c1ccccc1)C(F)(F)F)NCC1=CCNCC1. The predicted octanol–water partition coefficient (Wildman–Crippen LogP) is 3.18. The van der Waals surface area contributed by atoms with Gasteiger partial charge in [0, 0.05) is 19.5 Å². The second-order valence-corrected chi connectivity index (χ2v) is 5.30. The molecule has 3 nitrogen and oxygen atoms in total. The van der Waals surface area contributed by atoms with Gasteiger partial charge in [-0.3, -0.25) is 4.79 Å². The molecule has 1 aromatic rings. The van der Waals surface area contributed by atoms with Gasteiger partial charge in [-0.25, -0.2) is 0 Å². The summed E-state index contributed by atoms with van der Waals surface area (Å²) in [5.41, 5.74) is 1.17. The Labute approximate surface area is 139 Å². The van der Waals surface area contributed by atoms with Crippen LogP contribution in [0.1, 0.15) is 24.3 Å². The first-order valence-electron chi connectivity index (χ1n) is 7.24. The van der Waals surface area contributed by atoms with Gasteiger partial charge in [0.1, 0.15) is 0 Å². The van der Waals surface area contributed by atoms with Gasteiger partial charge in [0.25, 0.3) is 0 Å². The highest BCUT2D eigenvalue weighted by atomic mass is 35.5. The summed E-state index contributed by atoms with van der Waals surface area (Å²) in [6, 6.07) is 7.56. The van der Waals surface area contributed by atoms with Gasteiger partial charge in [-0.2, -0.15) is 13.2 Å². The maximum absolute atomic E-state index is 13.2. The molecule has 0 saturated heterocycles. The van der Waals surface area contributed by atoms with E-state index in [-0.39, 0.29) is 18.0 Å². The van der Waals surface area contributed by atoms with E-state index in [1.54, 1.807) is 18.2 Å². The van der Waals surface area contributed by atoms with Crippen LogP contribution in [0.5, 0.6) is 0 Å². The molecule has 1 unspecified atom stereocenters. The van der Waals surface area contributed by atoms with E-state index in [4.69, 9.17) is 0 Å². The van der Waals surface area contributed by atoms with Crippen LogP contribution in [0.4, 0.5) is 13.2 Å². The summed E-state index contributed by atoms with van der Waals surface area (Å²) in [7, 11) is 0. The molecule has 0 aliphatic carbocycles. The topological polar surface area (TPSA) is 41.1 Å². The van der Waals surface area contributed by atoms with E-state index in [0.717, 1.165) is 25.1 Å². The molecule has 2 N–H and O–H groups in total. The quantitative estimate of drug-likeness (QED) is 0.802. The molecule has 0 fully saturated rings. The number of carbonyl (C=O) groups excluding carboxylic acids is 1. The monoisotopic (exact) mass is 348 g/mol.